The zero-order valence-corrected chi connectivity index (χ0v) is 12.5. The van der Waals surface area contributed by atoms with Gasteiger partial charge >= 0.3 is 0 Å². The highest BCUT2D eigenvalue weighted by molar-refractivity contribution is 5.81. The van der Waals surface area contributed by atoms with Gasteiger partial charge in [-0.15, -0.1) is 0 Å². The third-order valence-corrected chi connectivity index (χ3v) is 4.05. The molecule has 3 nitrogen and oxygen atoms in total. The lowest BCUT2D eigenvalue weighted by Crippen LogP contribution is -2.48. The van der Waals surface area contributed by atoms with Crippen molar-refractivity contribution >= 4 is 5.91 Å². The minimum Gasteiger partial charge on any atom is -0.355 e. The van der Waals surface area contributed by atoms with Crippen LogP contribution in [-0.4, -0.2) is 24.5 Å². The van der Waals surface area contributed by atoms with Gasteiger partial charge in [-0.3, -0.25) is 4.79 Å². The summed E-state index contributed by atoms with van der Waals surface area (Å²) in [6.07, 6.45) is 7.10. The number of nitrogens with one attached hydrogen (secondary N) is 2. The fourth-order valence-corrected chi connectivity index (χ4v) is 2.54. The second kappa shape index (κ2) is 7.13. The van der Waals surface area contributed by atoms with Crippen molar-refractivity contribution in [3.8, 4) is 0 Å². The van der Waals surface area contributed by atoms with E-state index in [9.17, 15) is 4.79 Å². The van der Waals surface area contributed by atoms with E-state index in [4.69, 9.17) is 0 Å². The second-order valence-corrected chi connectivity index (χ2v) is 6.47. The fraction of sp³-hybridized carbons (Fsp3) is 0.933. The Labute approximate surface area is 112 Å². The third-order valence-electron chi connectivity index (χ3n) is 4.05. The summed E-state index contributed by atoms with van der Waals surface area (Å²) in [6.45, 7) is 9.59. The fourth-order valence-electron chi connectivity index (χ4n) is 2.54. The molecule has 3 heteroatoms. The molecule has 1 rings (SSSR count). The molecule has 0 aromatic carbocycles. The lowest BCUT2D eigenvalue weighted by atomic mass is 9.75. The van der Waals surface area contributed by atoms with Crippen molar-refractivity contribution in [2.45, 2.75) is 78.3 Å². The Bertz CT molecular complexity index is 253. The van der Waals surface area contributed by atoms with Gasteiger partial charge in [0.2, 0.25) is 5.91 Å². The summed E-state index contributed by atoms with van der Waals surface area (Å²) in [6, 6.07) is 0.456. The van der Waals surface area contributed by atoms with Crippen LogP contribution in [0.4, 0.5) is 0 Å². The van der Waals surface area contributed by atoms with Crippen molar-refractivity contribution in [2.75, 3.05) is 6.54 Å². The molecule has 0 heterocycles. The van der Waals surface area contributed by atoms with Crippen LogP contribution < -0.4 is 10.6 Å². The van der Waals surface area contributed by atoms with Crippen LogP contribution in [-0.2, 0) is 4.79 Å². The maximum atomic E-state index is 11.8. The normalized spacial score (nSPS) is 21.6. The van der Waals surface area contributed by atoms with Crippen molar-refractivity contribution in [1.82, 2.24) is 10.6 Å². The number of unbranched alkanes of at least 4 members (excludes halogenated alkanes) is 1. The van der Waals surface area contributed by atoms with Crippen LogP contribution in [0.5, 0.6) is 0 Å². The standard InChI is InChI=1S/C15H30N2O/c1-5-6-11-16-14(18)12(2)17-13-7-9-15(3,4)10-8-13/h12-13,17H,5-11H2,1-4H3,(H,16,18). The van der Waals surface area contributed by atoms with Gasteiger partial charge < -0.3 is 10.6 Å². The molecule has 0 bridgehead atoms. The summed E-state index contributed by atoms with van der Waals surface area (Å²) in [4.78, 5) is 11.8. The van der Waals surface area contributed by atoms with Gasteiger partial charge in [-0.1, -0.05) is 27.2 Å². The first kappa shape index (κ1) is 15.5. The second-order valence-electron chi connectivity index (χ2n) is 6.47. The zero-order chi connectivity index (χ0) is 13.6. The van der Waals surface area contributed by atoms with Crippen molar-refractivity contribution in [3.63, 3.8) is 0 Å². The van der Waals surface area contributed by atoms with Crippen LogP contribution in [0.15, 0.2) is 0 Å². The third kappa shape index (κ3) is 5.38. The van der Waals surface area contributed by atoms with E-state index >= 15 is 0 Å². The molecule has 18 heavy (non-hydrogen) atoms. The first-order chi connectivity index (χ1) is 8.44. The molecule has 1 unspecified atom stereocenters. The molecule has 0 aromatic rings. The maximum absolute atomic E-state index is 11.8. The molecule has 1 aliphatic rings. The zero-order valence-electron chi connectivity index (χ0n) is 12.5. The van der Waals surface area contributed by atoms with Crippen LogP contribution in [0.2, 0.25) is 0 Å². The van der Waals surface area contributed by atoms with Gasteiger partial charge in [0.15, 0.2) is 0 Å². The molecule has 2 N–H and O–H groups in total. The molecule has 1 aliphatic carbocycles. The van der Waals surface area contributed by atoms with Crippen LogP contribution in [0.25, 0.3) is 0 Å². The number of carbonyl (C=O) groups is 1. The monoisotopic (exact) mass is 254 g/mol. The topological polar surface area (TPSA) is 41.1 Å². The number of hydrogen-bond donors (Lipinski definition) is 2. The Kier molecular flexibility index (Phi) is 6.13. The van der Waals surface area contributed by atoms with Crippen LogP contribution in [0, 0.1) is 5.41 Å². The van der Waals surface area contributed by atoms with Gasteiger partial charge in [0.05, 0.1) is 6.04 Å². The Morgan fingerprint density at radius 1 is 1.33 bits per heavy atom. The van der Waals surface area contributed by atoms with Crippen LogP contribution in [0.1, 0.15) is 66.2 Å². The summed E-state index contributed by atoms with van der Waals surface area (Å²) in [5, 5.41) is 6.46. The predicted octanol–water partition coefficient (Wildman–Crippen LogP) is 2.85. The van der Waals surface area contributed by atoms with E-state index in [-0.39, 0.29) is 11.9 Å². The lowest BCUT2D eigenvalue weighted by Gasteiger charge is -2.35. The summed E-state index contributed by atoms with van der Waals surface area (Å²) in [5.74, 6) is 0.147. The predicted molar refractivity (Wildman–Crippen MR) is 76.6 cm³/mol. The lowest BCUT2D eigenvalue weighted by molar-refractivity contribution is -0.123. The van der Waals surface area contributed by atoms with E-state index in [0.29, 0.717) is 11.5 Å². The highest BCUT2D eigenvalue weighted by Crippen LogP contribution is 2.35. The highest BCUT2D eigenvalue weighted by atomic mass is 16.2. The van der Waals surface area contributed by atoms with E-state index in [1.807, 2.05) is 6.92 Å². The Hall–Kier alpha value is -0.570. The van der Waals surface area contributed by atoms with Gasteiger partial charge in [0.1, 0.15) is 0 Å². The van der Waals surface area contributed by atoms with Crippen molar-refractivity contribution in [1.29, 1.82) is 0 Å². The molecule has 1 saturated carbocycles. The van der Waals surface area contributed by atoms with E-state index in [2.05, 4.69) is 31.4 Å². The molecular weight excluding hydrogens is 224 g/mol. The largest absolute Gasteiger partial charge is 0.355 e. The number of carbonyl (C=O) groups excluding carboxylic acids is 1. The molecule has 1 atom stereocenters. The van der Waals surface area contributed by atoms with E-state index < -0.39 is 0 Å². The Morgan fingerprint density at radius 3 is 2.50 bits per heavy atom. The van der Waals surface area contributed by atoms with E-state index in [1.165, 1.54) is 25.7 Å². The minimum absolute atomic E-state index is 0.0620. The first-order valence-electron chi connectivity index (χ1n) is 7.48. The van der Waals surface area contributed by atoms with Gasteiger partial charge in [-0.25, -0.2) is 0 Å². The molecule has 0 radical (unpaired) electrons. The molecule has 1 amide bonds. The summed E-state index contributed by atoms with van der Waals surface area (Å²) < 4.78 is 0. The van der Waals surface area contributed by atoms with Crippen molar-refractivity contribution in [3.05, 3.63) is 0 Å². The summed E-state index contributed by atoms with van der Waals surface area (Å²) in [5.41, 5.74) is 0.491. The van der Waals surface area contributed by atoms with Crippen LogP contribution >= 0.6 is 0 Å². The first-order valence-corrected chi connectivity index (χ1v) is 7.48. The molecule has 0 saturated heterocycles. The molecule has 0 spiro atoms. The molecule has 0 aliphatic heterocycles. The van der Waals surface area contributed by atoms with Gasteiger partial charge in [0, 0.05) is 12.6 Å². The van der Waals surface area contributed by atoms with Gasteiger partial charge in [0.25, 0.3) is 0 Å². The highest BCUT2D eigenvalue weighted by Gasteiger charge is 2.28. The summed E-state index contributed by atoms with van der Waals surface area (Å²) >= 11 is 0. The van der Waals surface area contributed by atoms with E-state index in [0.717, 1.165) is 19.4 Å². The average molecular weight is 254 g/mol. The van der Waals surface area contributed by atoms with Crippen molar-refractivity contribution < 1.29 is 4.79 Å². The van der Waals surface area contributed by atoms with Crippen LogP contribution in [0.3, 0.4) is 0 Å². The number of rotatable bonds is 6. The maximum Gasteiger partial charge on any atom is 0.236 e. The van der Waals surface area contributed by atoms with Gasteiger partial charge in [-0.05, 0) is 44.4 Å². The van der Waals surface area contributed by atoms with Gasteiger partial charge in [-0.2, -0.15) is 0 Å². The Balaban J connectivity index is 2.23. The van der Waals surface area contributed by atoms with Crippen molar-refractivity contribution in [2.24, 2.45) is 5.41 Å². The molecule has 106 valence electrons. The van der Waals surface area contributed by atoms with E-state index in [1.54, 1.807) is 0 Å². The molecular formula is C15H30N2O. The minimum atomic E-state index is -0.0620. The Morgan fingerprint density at radius 2 is 1.94 bits per heavy atom. The average Bonchev–Trinajstić information content (AvgIpc) is 2.32. The molecule has 0 aromatic heterocycles. The smallest absolute Gasteiger partial charge is 0.236 e. The molecule has 1 fully saturated rings. The SMILES string of the molecule is CCCCNC(=O)C(C)NC1CCC(C)(C)CC1. The number of amides is 1. The number of hydrogen-bond acceptors (Lipinski definition) is 2. The summed E-state index contributed by atoms with van der Waals surface area (Å²) in [7, 11) is 0. The quantitative estimate of drug-likeness (QED) is 0.716.